The zero-order valence-electron chi connectivity index (χ0n) is 15.8. The number of aliphatic hydroxyl groups is 1. The van der Waals surface area contributed by atoms with Crippen molar-refractivity contribution in [3.63, 3.8) is 0 Å². The van der Waals surface area contributed by atoms with Crippen molar-refractivity contribution in [3.8, 4) is 0 Å². The molecule has 0 aliphatic carbocycles. The number of carbonyl (C=O) groups is 2. The summed E-state index contributed by atoms with van der Waals surface area (Å²) < 4.78 is 5.62. The van der Waals surface area contributed by atoms with Crippen LogP contribution in [0.4, 0.5) is 0 Å². The van der Waals surface area contributed by atoms with Crippen LogP contribution in [0, 0.1) is 5.41 Å². The molecule has 29 heavy (non-hydrogen) atoms. The fourth-order valence-electron chi connectivity index (χ4n) is 3.22. The van der Waals surface area contributed by atoms with E-state index in [-0.39, 0.29) is 30.3 Å². The number of carbonyl (C=O) groups excluding carboxylic acids is 2. The molecular weight excluding hydrogens is 398 g/mol. The summed E-state index contributed by atoms with van der Waals surface area (Å²) in [5.74, 6) is -0.979. The number of nitrogens with zero attached hydrogens (tertiary/aromatic N) is 2. The van der Waals surface area contributed by atoms with E-state index in [1.807, 2.05) is 0 Å². The van der Waals surface area contributed by atoms with Crippen molar-refractivity contribution < 1.29 is 24.6 Å². The molecule has 1 aliphatic rings. The summed E-state index contributed by atoms with van der Waals surface area (Å²) >= 11 is 5.96. The number of aromatic nitrogens is 1. The van der Waals surface area contributed by atoms with Crippen LogP contribution >= 0.6 is 11.6 Å². The Kier molecular flexibility index (Phi) is 6.49. The van der Waals surface area contributed by atoms with Crippen LogP contribution < -0.4 is 5.32 Å². The van der Waals surface area contributed by atoms with E-state index in [9.17, 15) is 19.9 Å². The molecule has 3 atom stereocenters. The van der Waals surface area contributed by atoms with E-state index in [0.717, 1.165) is 0 Å². The molecule has 3 rings (SSSR count). The predicted molar refractivity (Wildman–Crippen MR) is 105 cm³/mol. The summed E-state index contributed by atoms with van der Waals surface area (Å²) in [4.78, 5) is 28.4. The molecule has 1 saturated heterocycles. The van der Waals surface area contributed by atoms with E-state index in [1.54, 1.807) is 37.3 Å². The van der Waals surface area contributed by atoms with E-state index in [0.29, 0.717) is 10.6 Å². The van der Waals surface area contributed by atoms with Crippen molar-refractivity contribution >= 4 is 23.4 Å². The number of pyridine rings is 1. The van der Waals surface area contributed by atoms with Gasteiger partial charge < -0.3 is 15.2 Å². The maximum absolute atomic E-state index is 12.3. The zero-order valence-corrected chi connectivity index (χ0v) is 16.5. The third-order valence-electron chi connectivity index (χ3n) is 4.94. The normalized spacial score (nSPS) is 23.6. The standard InChI is InChI=1S/C20H22ClN3O5/c1-20(11-24(28)19(27)13-5-3-2-4-6-13)12-29-16(17(20)25)10-23-18(26)14-7-8-22-9-15(14)21/h2-9,16-17,25,28H,10-12H2,1H3,(H,23,26)/t16-,17-,20-/m1/s1. The molecule has 1 aromatic carbocycles. The molecule has 0 saturated carbocycles. The molecular formula is C20H22ClN3O5. The number of benzene rings is 1. The first-order valence-corrected chi connectivity index (χ1v) is 9.43. The van der Waals surface area contributed by atoms with Crippen molar-refractivity contribution in [3.05, 3.63) is 64.9 Å². The number of hydrogen-bond donors (Lipinski definition) is 3. The Hall–Kier alpha value is -2.52. The van der Waals surface area contributed by atoms with E-state index >= 15 is 0 Å². The molecule has 154 valence electrons. The average molecular weight is 420 g/mol. The summed E-state index contributed by atoms with van der Waals surface area (Å²) in [6, 6.07) is 9.85. The number of halogens is 1. The number of hydroxylamine groups is 2. The largest absolute Gasteiger partial charge is 0.390 e. The lowest BCUT2D eigenvalue weighted by Gasteiger charge is -2.31. The second kappa shape index (κ2) is 8.87. The lowest BCUT2D eigenvalue weighted by molar-refractivity contribution is -0.0940. The minimum absolute atomic E-state index is 0.0479. The van der Waals surface area contributed by atoms with Crippen molar-refractivity contribution in [1.82, 2.24) is 15.4 Å². The minimum Gasteiger partial charge on any atom is -0.390 e. The number of ether oxygens (including phenoxy) is 1. The quantitative estimate of drug-likeness (QED) is 0.486. The Labute approximate surface area is 173 Å². The van der Waals surface area contributed by atoms with Gasteiger partial charge in [0, 0.05) is 29.9 Å². The summed E-state index contributed by atoms with van der Waals surface area (Å²) in [6.45, 7) is 1.75. The Balaban J connectivity index is 1.58. The number of hydrogen-bond acceptors (Lipinski definition) is 6. The van der Waals surface area contributed by atoms with Crippen molar-refractivity contribution in [2.75, 3.05) is 19.7 Å². The molecule has 1 aliphatic heterocycles. The highest BCUT2D eigenvalue weighted by atomic mass is 35.5. The average Bonchev–Trinajstić information content (AvgIpc) is 3.00. The van der Waals surface area contributed by atoms with E-state index < -0.39 is 29.4 Å². The SMILES string of the molecule is C[C@@]1(CN(O)C(=O)c2ccccc2)CO[C@H](CNC(=O)c2ccncc2Cl)[C@H]1O. The zero-order chi connectivity index (χ0) is 21.0. The van der Waals surface area contributed by atoms with Gasteiger partial charge in [-0.3, -0.25) is 19.8 Å². The van der Waals surface area contributed by atoms with Gasteiger partial charge in [0.15, 0.2) is 0 Å². The van der Waals surface area contributed by atoms with Crippen LogP contribution in [0.3, 0.4) is 0 Å². The summed E-state index contributed by atoms with van der Waals surface area (Å²) in [7, 11) is 0. The van der Waals surface area contributed by atoms with Crippen LogP contribution in [0.15, 0.2) is 48.8 Å². The highest BCUT2D eigenvalue weighted by Gasteiger charge is 2.47. The van der Waals surface area contributed by atoms with Gasteiger partial charge in [0.2, 0.25) is 0 Å². The Morgan fingerprint density at radius 2 is 2.07 bits per heavy atom. The van der Waals surface area contributed by atoms with Gasteiger partial charge in [-0.1, -0.05) is 36.7 Å². The van der Waals surface area contributed by atoms with Crippen LogP contribution in [0.25, 0.3) is 0 Å². The van der Waals surface area contributed by atoms with Gasteiger partial charge in [0.05, 0.1) is 29.8 Å². The van der Waals surface area contributed by atoms with Gasteiger partial charge in [-0.05, 0) is 18.2 Å². The maximum atomic E-state index is 12.3. The maximum Gasteiger partial charge on any atom is 0.277 e. The molecule has 0 spiro atoms. The lowest BCUT2D eigenvalue weighted by atomic mass is 9.84. The number of amides is 2. The second-order valence-corrected chi connectivity index (χ2v) is 7.65. The molecule has 8 nitrogen and oxygen atoms in total. The Morgan fingerprint density at radius 3 is 2.76 bits per heavy atom. The highest BCUT2D eigenvalue weighted by molar-refractivity contribution is 6.33. The molecule has 9 heteroatoms. The summed E-state index contributed by atoms with van der Waals surface area (Å²) in [6.07, 6.45) is 1.13. The van der Waals surface area contributed by atoms with Gasteiger partial charge >= 0.3 is 0 Å². The molecule has 2 aromatic rings. The van der Waals surface area contributed by atoms with Crippen molar-refractivity contribution in [2.24, 2.45) is 5.41 Å². The van der Waals surface area contributed by atoms with Crippen LogP contribution in [0.5, 0.6) is 0 Å². The number of aliphatic hydroxyl groups excluding tert-OH is 1. The number of nitrogens with one attached hydrogen (secondary N) is 1. The second-order valence-electron chi connectivity index (χ2n) is 7.24. The van der Waals surface area contributed by atoms with Crippen LogP contribution in [0.1, 0.15) is 27.6 Å². The van der Waals surface area contributed by atoms with E-state index in [4.69, 9.17) is 16.3 Å². The first kappa shape index (κ1) is 21.2. The molecule has 3 N–H and O–H groups in total. The third-order valence-corrected chi connectivity index (χ3v) is 5.24. The van der Waals surface area contributed by atoms with Gasteiger partial charge in [0.1, 0.15) is 6.10 Å². The Morgan fingerprint density at radius 1 is 1.34 bits per heavy atom. The predicted octanol–water partition coefficient (Wildman–Crippen LogP) is 1.76. The molecule has 0 bridgehead atoms. The smallest absolute Gasteiger partial charge is 0.277 e. The van der Waals surface area contributed by atoms with E-state index in [2.05, 4.69) is 10.3 Å². The molecule has 1 aromatic heterocycles. The first-order valence-electron chi connectivity index (χ1n) is 9.05. The number of rotatable bonds is 6. The van der Waals surface area contributed by atoms with Gasteiger partial charge in [-0.25, -0.2) is 5.06 Å². The van der Waals surface area contributed by atoms with Gasteiger partial charge in [0.25, 0.3) is 11.8 Å². The Bertz CT molecular complexity index is 881. The summed E-state index contributed by atoms with van der Waals surface area (Å²) in [5, 5.41) is 24.4. The van der Waals surface area contributed by atoms with Gasteiger partial charge in [-0.15, -0.1) is 0 Å². The fourth-order valence-corrected chi connectivity index (χ4v) is 3.43. The lowest BCUT2D eigenvalue weighted by Crippen LogP contribution is -2.47. The molecule has 1 fully saturated rings. The van der Waals surface area contributed by atoms with Crippen molar-refractivity contribution in [1.29, 1.82) is 0 Å². The third kappa shape index (κ3) is 4.73. The van der Waals surface area contributed by atoms with Crippen LogP contribution in [0.2, 0.25) is 5.02 Å². The highest BCUT2D eigenvalue weighted by Crippen LogP contribution is 2.33. The fraction of sp³-hybridized carbons (Fsp3) is 0.350. The van der Waals surface area contributed by atoms with Gasteiger partial charge in [-0.2, -0.15) is 0 Å². The first-order chi connectivity index (χ1) is 13.8. The molecule has 0 radical (unpaired) electrons. The minimum atomic E-state index is -1.01. The summed E-state index contributed by atoms with van der Waals surface area (Å²) in [5.41, 5.74) is -0.292. The molecule has 0 unspecified atom stereocenters. The topological polar surface area (TPSA) is 112 Å². The molecule has 2 heterocycles. The van der Waals surface area contributed by atoms with Crippen LogP contribution in [-0.2, 0) is 4.74 Å². The molecule has 2 amide bonds. The van der Waals surface area contributed by atoms with Crippen molar-refractivity contribution in [2.45, 2.75) is 19.1 Å². The van der Waals surface area contributed by atoms with E-state index in [1.165, 1.54) is 18.5 Å². The monoisotopic (exact) mass is 419 g/mol. The van der Waals surface area contributed by atoms with Crippen LogP contribution in [-0.4, -0.2) is 64.1 Å².